The summed E-state index contributed by atoms with van der Waals surface area (Å²) in [5.41, 5.74) is 7.38. The number of hydrogen-bond donors (Lipinski definition) is 1. The lowest BCUT2D eigenvalue weighted by Gasteiger charge is -2.33. The van der Waals surface area contributed by atoms with Gasteiger partial charge < -0.3 is 15.2 Å². The number of methoxy groups -OCH3 is 1. The summed E-state index contributed by atoms with van der Waals surface area (Å²) in [6.07, 6.45) is 4.06. The van der Waals surface area contributed by atoms with Crippen LogP contribution >= 0.6 is 0 Å². The van der Waals surface area contributed by atoms with Gasteiger partial charge in [0.25, 0.3) is 0 Å². The Morgan fingerprint density at radius 3 is 2.64 bits per heavy atom. The van der Waals surface area contributed by atoms with E-state index in [1.165, 1.54) is 0 Å². The summed E-state index contributed by atoms with van der Waals surface area (Å²) in [7, 11) is 1.67. The minimum absolute atomic E-state index is 0.0478. The van der Waals surface area contributed by atoms with E-state index in [0.717, 1.165) is 55.4 Å². The van der Waals surface area contributed by atoms with Crippen LogP contribution < -0.4 is 10.5 Å². The van der Waals surface area contributed by atoms with Crippen molar-refractivity contribution >= 4 is 0 Å². The van der Waals surface area contributed by atoms with E-state index in [1.54, 1.807) is 7.11 Å². The maximum atomic E-state index is 6.38. The summed E-state index contributed by atoms with van der Waals surface area (Å²) >= 11 is 0. The van der Waals surface area contributed by atoms with Gasteiger partial charge in [-0.1, -0.05) is 6.92 Å². The number of benzene rings is 1. The van der Waals surface area contributed by atoms with Gasteiger partial charge in [0, 0.05) is 18.6 Å². The number of hydrogen-bond acceptors (Lipinski definition) is 5. The van der Waals surface area contributed by atoms with E-state index >= 15 is 0 Å². The van der Waals surface area contributed by atoms with E-state index < -0.39 is 0 Å². The third kappa shape index (κ3) is 4.02. The number of nitrogens with zero attached hydrogens (tertiary/aromatic N) is 3. The Bertz CT molecular complexity index is 683. The second-order valence-electron chi connectivity index (χ2n) is 6.71. The van der Waals surface area contributed by atoms with Crippen molar-refractivity contribution in [2.45, 2.75) is 57.6 Å². The molecule has 6 nitrogen and oxygen atoms in total. The molecule has 1 aliphatic carbocycles. The van der Waals surface area contributed by atoms with Crippen LogP contribution in [0.25, 0.3) is 5.69 Å². The standard InChI is InChI=1S/C19H28N4O2/c1-4-11-25-18-10-5-14(12-17(18)20)19-21-13(2)22-23(19)15-6-8-16(24-3)9-7-15/h6-9,14,17-18H,4-5,10-12,20H2,1-3H3/t14-,17+,18+/m0/s1. The maximum Gasteiger partial charge on any atom is 0.148 e. The first-order valence-electron chi connectivity index (χ1n) is 9.07. The van der Waals surface area contributed by atoms with Crippen LogP contribution in [-0.2, 0) is 4.74 Å². The molecule has 6 heteroatoms. The van der Waals surface area contributed by atoms with Crippen LogP contribution in [0.15, 0.2) is 24.3 Å². The highest BCUT2D eigenvalue weighted by molar-refractivity contribution is 5.37. The molecule has 1 saturated carbocycles. The molecule has 0 saturated heterocycles. The van der Waals surface area contributed by atoms with Crippen LogP contribution in [0.4, 0.5) is 0 Å². The Morgan fingerprint density at radius 1 is 1.24 bits per heavy atom. The van der Waals surface area contributed by atoms with Gasteiger partial charge in [0.2, 0.25) is 0 Å². The van der Waals surface area contributed by atoms with Crippen molar-refractivity contribution in [3.05, 3.63) is 35.9 Å². The summed E-state index contributed by atoms with van der Waals surface area (Å²) < 4.78 is 13.1. The SMILES string of the molecule is CCCO[C@@H]1CC[C@H](c2nc(C)nn2-c2ccc(OC)cc2)C[C@H]1N. The molecule has 1 heterocycles. The van der Waals surface area contributed by atoms with Gasteiger partial charge in [0.05, 0.1) is 18.9 Å². The molecule has 0 amide bonds. The Kier molecular flexibility index (Phi) is 5.71. The summed E-state index contributed by atoms with van der Waals surface area (Å²) in [5, 5.41) is 4.60. The molecule has 3 atom stereocenters. The number of nitrogens with two attached hydrogens (primary N) is 1. The zero-order valence-electron chi connectivity index (χ0n) is 15.3. The third-order valence-corrected chi connectivity index (χ3v) is 4.79. The summed E-state index contributed by atoms with van der Waals surface area (Å²) in [4.78, 5) is 4.70. The second-order valence-corrected chi connectivity index (χ2v) is 6.71. The van der Waals surface area contributed by atoms with Crippen molar-refractivity contribution < 1.29 is 9.47 Å². The van der Waals surface area contributed by atoms with Crippen molar-refractivity contribution in [1.82, 2.24) is 14.8 Å². The summed E-state index contributed by atoms with van der Waals surface area (Å²) in [6, 6.07) is 7.94. The third-order valence-electron chi connectivity index (χ3n) is 4.79. The Labute approximate surface area is 149 Å². The van der Waals surface area contributed by atoms with Gasteiger partial charge >= 0.3 is 0 Å². The Hall–Kier alpha value is -1.92. The van der Waals surface area contributed by atoms with E-state index in [4.69, 9.17) is 20.2 Å². The topological polar surface area (TPSA) is 75.2 Å². The van der Waals surface area contributed by atoms with Crippen LogP contribution in [0.2, 0.25) is 0 Å². The van der Waals surface area contributed by atoms with E-state index in [0.29, 0.717) is 5.92 Å². The minimum Gasteiger partial charge on any atom is -0.497 e. The van der Waals surface area contributed by atoms with Crippen LogP contribution in [0, 0.1) is 6.92 Å². The first kappa shape index (κ1) is 17.9. The first-order chi connectivity index (χ1) is 12.1. The molecular weight excluding hydrogens is 316 g/mol. The fraction of sp³-hybridized carbons (Fsp3) is 0.579. The lowest BCUT2D eigenvalue weighted by Crippen LogP contribution is -2.42. The minimum atomic E-state index is 0.0478. The van der Waals surface area contributed by atoms with Crippen molar-refractivity contribution in [2.75, 3.05) is 13.7 Å². The largest absolute Gasteiger partial charge is 0.497 e. The number of aryl methyl sites for hydroxylation is 1. The molecule has 0 spiro atoms. The van der Waals surface area contributed by atoms with Crippen molar-refractivity contribution in [3.8, 4) is 11.4 Å². The van der Waals surface area contributed by atoms with Crippen LogP contribution in [0.1, 0.15) is 50.2 Å². The highest BCUT2D eigenvalue weighted by Crippen LogP contribution is 2.34. The number of ether oxygens (including phenoxy) is 2. The average Bonchev–Trinajstić information content (AvgIpc) is 3.02. The fourth-order valence-corrected chi connectivity index (χ4v) is 3.50. The Morgan fingerprint density at radius 2 is 2.00 bits per heavy atom. The molecule has 0 unspecified atom stereocenters. The van der Waals surface area contributed by atoms with E-state index in [2.05, 4.69) is 12.0 Å². The quantitative estimate of drug-likeness (QED) is 0.872. The van der Waals surface area contributed by atoms with Crippen LogP contribution in [0.3, 0.4) is 0 Å². The van der Waals surface area contributed by atoms with E-state index in [9.17, 15) is 0 Å². The molecule has 136 valence electrons. The molecule has 0 aliphatic heterocycles. The molecule has 3 rings (SSSR count). The monoisotopic (exact) mass is 344 g/mol. The normalized spacial score (nSPS) is 23.6. The molecule has 0 bridgehead atoms. The van der Waals surface area contributed by atoms with Gasteiger partial charge in [-0.2, -0.15) is 5.10 Å². The van der Waals surface area contributed by atoms with Crippen LogP contribution in [-0.4, -0.2) is 40.6 Å². The number of aromatic nitrogens is 3. The van der Waals surface area contributed by atoms with Gasteiger partial charge in [0.1, 0.15) is 17.4 Å². The molecule has 1 aromatic heterocycles. The lowest BCUT2D eigenvalue weighted by molar-refractivity contribution is 0.0108. The molecule has 2 N–H and O–H groups in total. The Balaban J connectivity index is 1.79. The van der Waals surface area contributed by atoms with Gasteiger partial charge in [0.15, 0.2) is 0 Å². The summed E-state index contributed by atoms with van der Waals surface area (Å²) in [6.45, 7) is 4.83. The van der Waals surface area contributed by atoms with Crippen molar-refractivity contribution in [1.29, 1.82) is 0 Å². The zero-order chi connectivity index (χ0) is 17.8. The number of rotatable bonds is 6. The van der Waals surface area contributed by atoms with Crippen molar-refractivity contribution in [2.24, 2.45) is 5.73 Å². The van der Waals surface area contributed by atoms with Gasteiger partial charge in [-0.15, -0.1) is 0 Å². The molecule has 1 aliphatic rings. The molecule has 0 radical (unpaired) electrons. The van der Waals surface area contributed by atoms with Crippen molar-refractivity contribution in [3.63, 3.8) is 0 Å². The maximum absolute atomic E-state index is 6.38. The van der Waals surface area contributed by atoms with Gasteiger partial charge in [-0.25, -0.2) is 9.67 Å². The molecule has 1 fully saturated rings. The predicted molar refractivity (Wildman–Crippen MR) is 97.2 cm³/mol. The smallest absolute Gasteiger partial charge is 0.148 e. The van der Waals surface area contributed by atoms with E-state index in [1.807, 2.05) is 35.9 Å². The molecule has 2 aromatic rings. The highest BCUT2D eigenvalue weighted by atomic mass is 16.5. The lowest BCUT2D eigenvalue weighted by atomic mass is 9.83. The average molecular weight is 344 g/mol. The second kappa shape index (κ2) is 7.97. The van der Waals surface area contributed by atoms with Gasteiger partial charge in [-0.05, 0) is 56.9 Å². The molecule has 1 aromatic carbocycles. The fourth-order valence-electron chi connectivity index (χ4n) is 3.50. The predicted octanol–water partition coefficient (Wildman–Crippen LogP) is 2.97. The summed E-state index contributed by atoms with van der Waals surface area (Å²) in [5.74, 6) is 2.91. The molecular formula is C19H28N4O2. The zero-order valence-corrected chi connectivity index (χ0v) is 15.3. The molecule has 25 heavy (non-hydrogen) atoms. The highest BCUT2D eigenvalue weighted by Gasteiger charge is 2.32. The first-order valence-corrected chi connectivity index (χ1v) is 9.07. The van der Waals surface area contributed by atoms with E-state index in [-0.39, 0.29) is 12.1 Å². The van der Waals surface area contributed by atoms with Gasteiger partial charge in [-0.3, -0.25) is 0 Å². The van der Waals surface area contributed by atoms with Crippen LogP contribution in [0.5, 0.6) is 5.75 Å².